The van der Waals surface area contributed by atoms with Gasteiger partial charge >= 0.3 is 0 Å². The number of piperidine rings is 1. The van der Waals surface area contributed by atoms with Crippen molar-refractivity contribution in [2.45, 2.75) is 38.6 Å². The molecule has 2 aromatic rings. The molecule has 1 saturated heterocycles. The lowest BCUT2D eigenvalue weighted by molar-refractivity contribution is 0.181. The second kappa shape index (κ2) is 11.7. The van der Waals surface area contributed by atoms with Gasteiger partial charge in [-0.3, -0.25) is 9.67 Å². The molecule has 0 amide bonds. The van der Waals surface area contributed by atoms with Crippen LogP contribution in [-0.2, 0) is 20.0 Å². The van der Waals surface area contributed by atoms with Gasteiger partial charge in [-0.15, -0.1) is 0 Å². The summed E-state index contributed by atoms with van der Waals surface area (Å²) in [5.74, 6) is 1.80. The summed E-state index contributed by atoms with van der Waals surface area (Å²) in [6, 6.07) is 10.9. The van der Waals surface area contributed by atoms with Gasteiger partial charge in [-0.1, -0.05) is 30.3 Å². The molecule has 1 N–H and O–H groups in total. The highest BCUT2D eigenvalue weighted by Crippen LogP contribution is 2.21. The number of unbranched alkanes of at least 4 members (excludes halogenated alkanes) is 1. The maximum atomic E-state index is 4.41. The molecule has 0 unspecified atom stereocenters. The first kappa shape index (κ1) is 22.3. The van der Waals surface area contributed by atoms with E-state index in [9.17, 15) is 0 Å². The Morgan fingerprint density at radius 3 is 2.60 bits per heavy atom. The molecule has 6 heteroatoms. The fourth-order valence-electron chi connectivity index (χ4n) is 4.31. The van der Waals surface area contributed by atoms with Crippen molar-refractivity contribution in [3.05, 3.63) is 53.9 Å². The van der Waals surface area contributed by atoms with E-state index in [1.54, 1.807) is 0 Å². The Morgan fingerprint density at radius 2 is 1.93 bits per heavy atom. The quantitative estimate of drug-likeness (QED) is 0.392. The molecule has 0 bridgehead atoms. The van der Waals surface area contributed by atoms with Crippen molar-refractivity contribution in [1.82, 2.24) is 24.9 Å². The van der Waals surface area contributed by atoms with Gasteiger partial charge in [-0.25, -0.2) is 0 Å². The van der Waals surface area contributed by atoms with Crippen LogP contribution in [0.15, 0.2) is 47.7 Å². The molecule has 3 rings (SSSR count). The first-order valence-electron chi connectivity index (χ1n) is 11.3. The van der Waals surface area contributed by atoms with Gasteiger partial charge in [0.1, 0.15) is 0 Å². The number of aliphatic imine (C=N–C) groups is 1. The minimum Gasteiger partial charge on any atom is -0.356 e. The van der Waals surface area contributed by atoms with Gasteiger partial charge in [0.05, 0.1) is 6.20 Å². The monoisotopic (exact) mass is 410 g/mol. The molecule has 1 aromatic carbocycles. The lowest BCUT2D eigenvalue weighted by Gasteiger charge is -2.32. The van der Waals surface area contributed by atoms with Crippen LogP contribution in [0.3, 0.4) is 0 Å². The third-order valence-corrected chi connectivity index (χ3v) is 6.01. The summed E-state index contributed by atoms with van der Waals surface area (Å²) in [6.07, 6.45) is 10.3. The molecular weight excluding hydrogens is 372 g/mol. The Bertz CT molecular complexity index is 761. The number of benzene rings is 1. The van der Waals surface area contributed by atoms with Crippen LogP contribution in [0.5, 0.6) is 0 Å². The van der Waals surface area contributed by atoms with Gasteiger partial charge in [-0.2, -0.15) is 5.10 Å². The third-order valence-electron chi connectivity index (χ3n) is 6.01. The Balaban J connectivity index is 1.27. The van der Waals surface area contributed by atoms with Crippen LogP contribution in [0.1, 0.15) is 36.8 Å². The number of aromatic nitrogens is 2. The Labute approximate surface area is 182 Å². The Hall–Kier alpha value is -2.34. The lowest BCUT2D eigenvalue weighted by Crippen LogP contribution is -2.39. The van der Waals surface area contributed by atoms with Crippen molar-refractivity contribution in [2.24, 2.45) is 18.0 Å². The van der Waals surface area contributed by atoms with Crippen molar-refractivity contribution < 1.29 is 0 Å². The number of hydrogen-bond donors (Lipinski definition) is 1. The third kappa shape index (κ3) is 7.17. The predicted octanol–water partition coefficient (Wildman–Crippen LogP) is 3.16. The second-order valence-electron chi connectivity index (χ2n) is 8.53. The zero-order valence-corrected chi connectivity index (χ0v) is 18.9. The number of hydrogen-bond acceptors (Lipinski definition) is 3. The molecule has 6 nitrogen and oxygen atoms in total. The first-order chi connectivity index (χ1) is 14.6. The van der Waals surface area contributed by atoms with Gasteiger partial charge < -0.3 is 15.1 Å². The van der Waals surface area contributed by atoms with E-state index in [-0.39, 0.29) is 0 Å². The summed E-state index contributed by atoms with van der Waals surface area (Å²) in [6.45, 7) is 5.49. The molecule has 0 radical (unpaired) electrons. The smallest absolute Gasteiger partial charge is 0.193 e. The standard InChI is InChI=1S/C24H38N6/c1-25-24(28(2)19-23-18-27-29(3)20-23)26-13-7-8-14-30-15-11-22(12-16-30)17-21-9-5-4-6-10-21/h4-6,9-10,18,20,22H,7-8,11-17,19H2,1-3H3,(H,25,26). The maximum absolute atomic E-state index is 4.41. The molecule has 164 valence electrons. The van der Waals surface area contributed by atoms with Crippen LogP contribution in [0.25, 0.3) is 0 Å². The highest BCUT2D eigenvalue weighted by molar-refractivity contribution is 5.79. The van der Waals surface area contributed by atoms with Crippen LogP contribution in [0.4, 0.5) is 0 Å². The van der Waals surface area contributed by atoms with E-state index in [4.69, 9.17) is 0 Å². The van der Waals surface area contributed by atoms with Gasteiger partial charge in [-0.05, 0) is 63.2 Å². The summed E-state index contributed by atoms with van der Waals surface area (Å²) in [7, 11) is 5.87. The van der Waals surface area contributed by atoms with Gasteiger partial charge in [0.2, 0.25) is 0 Å². The molecule has 2 heterocycles. The van der Waals surface area contributed by atoms with E-state index in [1.165, 1.54) is 62.9 Å². The molecule has 1 aliphatic heterocycles. The largest absolute Gasteiger partial charge is 0.356 e. The van der Waals surface area contributed by atoms with Crippen LogP contribution in [0.2, 0.25) is 0 Å². The van der Waals surface area contributed by atoms with E-state index in [1.807, 2.05) is 31.2 Å². The Kier molecular flexibility index (Phi) is 8.75. The average Bonchev–Trinajstić information content (AvgIpc) is 3.17. The van der Waals surface area contributed by atoms with Crippen molar-refractivity contribution in [2.75, 3.05) is 40.3 Å². The number of nitrogens with one attached hydrogen (secondary N) is 1. The molecule has 30 heavy (non-hydrogen) atoms. The van der Waals surface area contributed by atoms with E-state index < -0.39 is 0 Å². The summed E-state index contributed by atoms with van der Waals surface area (Å²) in [5, 5.41) is 7.73. The molecule has 1 aromatic heterocycles. The topological polar surface area (TPSA) is 48.7 Å². The van der Waals surface area contributed by atoms with Crippen molar-refractivity contribution in [1.29, 1.82) is 0 Å². The Morgan fingerprint density at radius 1 is 1.17 bits per heavy atom. The summed E-state index contributed by atoms with van der Waals surface area (Å²) < 4.78 is 1.84. The fourth-order valence-corrected chi connectivity index (χ4v) is 4.31. The van der Waals surface area contributed by atoms with Gasteiger partial charge in [0.15, 0.2) is 5.96 Å². The van der Waals surface area contributed by atoms with Crippen molar-refractivity contribution in [3.8, 4) is 0 Å². The summed E-state index contributed by atoms with van der Waals surface area (Å²) >= 11 is 0. The summed E-state index contributed by atoms with van der Waals surface area (Å²) in [5.41, 5.74) is 2.68. The number of guanidine groups is 1. The van der Waals surface area contributed by atoms with Crippen LogP contribution in [0, 0.1) is 5.92 Å². The molecule has 0 aliphatic carbocycles. The van der Waals surface area contributed by atoms with Gasteiger partial charge in [0.25, 0.3) is 0 Å². The predicted molar refractivity (Wildman–Crippen MR) is 125 cm³/mol. The average molecular weight is 411 g/mol. The molecular formula is C24H38N6. The first-order valence-corrected chi connectivity index (χ1v) is 11.3. The van der Waals surface area contributed by atoms with Gasteiger partial charge in [0, 0.05) is 46.0 Å². The minimum atomic E-state index is 0.811. The van der Waals surface area contributed by atoms with E-state index in [0.717, 1.165) is 25.0 Å². The van der Waals surface area contributed by atoms with Crippen molar-refractivity contribution in [3.63, 3.8) is 0 Å². The lowest BCUT2D eigenvalue weighted by atomic mass is 9.90. The molecule has 1 aliphatic rings. The molecule has 1 fully saturated rings. The van der Waals surface area contributed by atoms with Crippen LogP contribution >= 0.6 is 0 Å². The second-order valence-corrected chi connectivity index (χ2v) is 8.53. The van der Waals surface area contributed by atoms with E-state index >= 15 is 0 Å². The van der Waals surface area contributed by atoms with E-state index in [0.29, 0.717) is 0 Å². The fraction of sp³-hybridized carbons (Fsp3) is 0.583. The van der Waals surface area contributed by atoms with E-state index in [2.05, 4.69) is 62.6 Å². The molecule has 0 saturated carbocycles. The zero-order chi connectivity index (χ0) is 21.2. The highest BCUT2D eigenvalue weighted by atomic mass is 15.3. The highest BCUT2D eigenvalue weighted by Gasteiger charge is 2.19. The number of aryl methyl sites for hydroxylation is 1. The number of likely N-dealkylation sites (tertiary alicyclic amines) is 1. The van der Waals surface area contributed by atoms with Crippen LogP contribution in [-0.4, -0.2) is 65.8 Å². The number of rotatable bonds is 9. The van der Waals surface area contributed by atoms with Crippen molar-refractivity contribution >= 4 is 5.96 Å². The normalized spacial score (nSPS) is 16.0. The van der Waals surface area contributed by atoms with Crippen LogP contribution < -0.4 is 5.32 Å². The number of nitrogens with zero attached hydrogens (tertiary/aromatic N) is 5. The summed E-state index contributed by atoms with van der Waals surface area (Å²) in [4.78, 5) is 9.21. The molecule has 0 spiro atoms. The SMILES string of the molecule is CN=C(NCCCCN1CCC(Cc2ccccc2)CC1)N(C)Cc1cnn(C)c1. The minimum absolute atomic E-state index is 0.811. The molecule has 0 atom stereocenters. The maximum Gasteiger partial charge on any atom is 0.193 e. The zero-order valence-electron chi connectivity index (χ0n) is 18.9.